The van der Waals surface area contributed by atoms with Gasteiger partial charge in [-0.2, -0.15) is 0 Å². The van der Waals surface area contributed by atoms with Crippen LogP contribution in [0.25, 0.3) is 0 Å². The highest BCUT2D eigenvalue weighted by Crippen LogP contribution is 2.26. The molecular formula is C16H27N3O. The van der Waals surface area contributed by atoms with Crippen molar-refractivity contribution in [1.29, 1.82) is 0 Å². The predicted octanol–water partition coefficient (Wildman–Crippen LogP) is 2.36. The minimum Gasteiger partial charge on any atom is -0.383 e. The summed E-state index contributed by atoms with van der Waals surface area (Å²) in [6.07, 6.45) is 4.58. The third-order valence-corrected chi connectivity index (χ3v) is 4.08. The molecule has 1 fully saturated rings. The molecule has 0 radical (unpaired) electrons. The van der Waals surface area contributed by atoms with Crippen LogP contribution in [0, 0.1) is 12.8 Å². The lowest BCUT2D eigenvalue weighted by atomic mass is 10.1. The molecule has 1 aromatic heterocycles. The van der Waals surface area contributed by atoms with Crippen LogP contribution >= 0.6 is 0 Å². The van der Waals surface area contributed by atoms with Gasteiger partial charge in [0, 0.05) is 39.5 Å². The summed E-state index contributed by atoms with van der Waals surface area (Å²) in [5.74, 6) is 2.01. The zero-order chi connectivity index (χ0) is 14.4. The van der Waals surface area contributed by atoms with Gasteiger partial charge in [0.05, 0.1) is 6.61 Å². The van der Waals surface area contributed by atoms with Crippen LogP contribution in [0.2, 0.25) is 0 Å². The van der Waals surface area contributed by atoms with E-state index in [0.29, 0.717) is 0 Å². The lowest BCUT2D eigenvalue weighted by Crippen LogP contribution is -2.22. The molecule has 0 amide bonds. The van der Waals surface area contributed by atoms with E-state index in [9.17, 15) is 0 Å². The maximum absolute atomic E-state index is 5.03. The smallest absolute Gasteiger partial charge is 0.131 e. The van der Waals surface area contributed by atoms with E-state index < -0.39 is 0 Å². The van der Waals surface area contributed by atoms with Gasteiger partial charge in [0.2, 0.25) is 0 Å². The normalized spacial score (nSPS) is 18.8. The van der Waals surface area contributed by atoms with Crippen molar-refractivity contribution < 1.29 is 4.74 Å². The second-order valence-corrected chi connectivity index (χ2v) is 5.66. The van der Waals surface area contributed by atoms with Gasteiger partial charge < -0.3 is 15.0 Å². The zero-order valence-corrected chi connectivity index (χ0v) is 13.0. The number of anilines is 1. The van der Waals surface area contributed by atoms with Crippen LogP contribution < -0.4 is 10.2 Å². The summed E-state index contributed by atoms with van der Waals surface area (Å²) in [5, 5.41) is 3.36. The standard InChI is InChI=1S/C16H27N3O/c1-4-14-5-7-19(12-14)16-13(2)9-15(11-18-16)10-17-6-8-20-3/h9,11,14,17H,4-8,10,12H2,1-3H3. The number of nitrogens with zero attached hydrogens (tertiary/aromatic N) is 2. The van der Waals surface area contributed by atoms with E-state index in [1.807, 2.05) is 6.20 Å². The largest absolute Gasteiger partial charge is 0.383 e. The number of aromatic nitrogens is 1. The van der Waals surface area contributed by atoms with Crippen LogP contribution in [0.5, 0.6) is 0 Å². The first-order valence-electron chi connectivity index (χ1n) is 7.64. The quantitative estimate of drug-likeness (QED) is 0.776. The van der Waals surface area contributed by atoms with Crippen molar-refractivity contribution in [3.63, 3.8) is 0 Å². The molecule has 4 heteroatoms. The number of hydrogen-bond donors (Lipinski definition) is 1. The van der Waals surface area contributed by atoms with E-state index in [1.165, 1.54) is 29.8 Å². The summed E-state index contributed by atoms with van der Waals surface area (Å²) < 4.78 is 5.03. The van der Waals surface area contributed by atoms with Crippen molar-refractivity contribution in [2.75, 3.05) is 38.3 Å². The molecule has 112 valence electrons. The van der Waals surface area contributed by atoms with E-state index in [1.54, 1.807) is 7.11 Å². The zero-order valence-electron chi connectivity index (χ0n) is 13.0. The van der Waals surface area contributed by atoms with Crippen LogP contribution in [-0.2, 0) is 11.3 Å². The van der Waals surface area contributed by atoms with Crippen LogP contribution in [0.1, 0.15) is 30.9 Å². The Morgan fingerprint density at radius 1 is 1.50 bits per heavy atom. The average molecular weight is 277 g/mol. The van der Waals surface area contributed by atoms with Crippen LogP contribution in [0.3, 0.4) is 0 Å². The molecule has 1 N–H and O–H groups in total. The fraction of sp³-hybridized carbons (Fsp3) is 0.688. The Labute approximate surface area is 122 Å². The number of methoxy groups -OCH3 is 1. The van der Waals surface area contributed by atoms with Gasteiger partial charge in [0.15, 0.2) is 0 Å². The lowest BCUT2D eigenvalue weighted by molar-refractivity contribution is 0.199. The van der Waals surface area contributed by atoms with Gasteiger partial charge in [0.25, 0.3) is 0 Å². The van der Waals surface area contributed by atoms with Crippen molar-refractivity contribution in [2.45, 2.75) is 33.2 Å². The molecule has 1 saturated heterocycles. The molecule has 0 aliphatic carbocycles. The summed E-state index contributed by atoms with van der Waals surface area (Å²) in [5.41, 5.74) is 2.53. The molecule has 2 rings (SSSR count). The Hall–Kier alpha value is -1.13. The number of rotatable bonds is 7. The minimum atomic E-state index is 0.747. The highest BCUT2D eigenvalue weighted by molar-refractivity contribution is 5.48. The van der Waals surface area contributed by atoms with Crippen molar-refractivity contribution in [3.8, 4) is 0 Å². The summed E-state index contributed by atoms with van der Waals surface area (Å²) in [7, 11) is 1.72. The molecule has 1 aliphatic heterocycles. The summed E-state index contributed by atoms with van der Waals surface area (Å²) in [4.78, 5) is 7.12. The van der Waals surface area contributed by atoms with Crippen molar-refractivity contribution in [3.05, 3.63) is 23.4 Å². The molecule has 1 aliphatic rings. The predicted molar refractivity (Wildman–Crippen MR) is 83.2 cm³/mol. The molecule has 4 nitrogen and oxygen atoms in total. The molecular weight excluding hydrogens is 250 g/mol. The first kappa shape index (κ1) is 15.3. The molecule has 0 spiro atoms. The molecule has 0 bridgehead atoms. The van der Waals surface area contributed by atoms with Crippen LogP contribution in [-0.4, -0.2) is 38.3 Å². The van der Waals surface area contributed by atoms with Crippen molar-refractivity contribution in [2.24, 2.45) is 5.92 Å². The number of ether oxygens (including phenoxy) is 1. The lowest BCUT2D eigenvalue weighted by Gasteiger charge is -2.20. The maximum Gasteiger partial charge on any atom is 0.131 e. The van der Waals surface area contributed by atoms with Crippen molar-refractivity contribution in [1.82, 2.24) is 10.3 Å². The third-order valence-electron chi connectivity index (χ3n) is 4.08. The molecule has 1 aromatic rings. The maximum atomic E-state index is 5.03. The Morgan fingerprint density at radius 3 is 3.00 bits per heavy atom. The average Bonchev–Trinajstić information content (AvgIpc) is 2.92. The molecule has 1 atom stereocenters. The highest BCUT2D eigenvalue weighted by atomic mass is 16.5. The monoisotopic (exact) mass is 277 g/mol. The van der Waals surface area contributed by atoms with Crippen LogP contribution in [0.15, 0.2) is 12.3 Å². The molecule has 1 unspecified atom stereocenters. The number of aryl methyl sites for hydroxylation is 1. The van der Waals surface area contributed by atoms with E-state index >= 15 is 0 Å². The summed E-state index contributed by atoms with van der Waals surface area (Å²) >= 11 is 0. The number of hydrogen-bond acceptors (Lipinski definition) is 4. The minimum absolute atomic E-state index is 0.747. The first-order chi connectivity index (χ1) is 9.74. The Balaban J connectivity index is 1.92. The van der Waals surface area contributed by atoms with E-state index in [-0.39, 0.29) is 0 Å². The molecule has 20 heavy (non-hydrogen) atoms. The number of nitrogens with one attached hydrogen (secondary N) is 1. The van der Waals surface area contributed by atoms with E-state index in [0.717, 1.165) is 38.7 Å². The fourth-order valence-corrected chi connectivity index (χ4v) is 2.82. The van der Waals surface area contributed by atoms with Gasteiger partial charge in [-0.25, -0.2) is 4.98 Å². The SMILES string of the molecule is CCC1CCN(c2ncc(CNCCOC)cc2C)C1. The highest BCUT2D eigenvalue weighted by Gasteiger charge is 2.22. The molecule has 0 aromatic carbocycles. The van der Waals surface area contributed by atoms with E-state index in [2.05, 4.69) is 35.1 Å². The van der Waals surface area contributed by atoms with Gasteiger partial charge in [-0.3, -0.25) is 0 Å². The number of pyridine rings is 1. The van der Waals surface area contributed by atoms with Gasteiger partial charge >= 0.3 is 0 Å². The Kier molecular flexibility index (Phi) is 5.80. The van der Waals surface area contributed by atoms with Gasteiger partial charge in [-0.1, -0.05) is 13.3 Å². The second-order valence-electron chi connectivity index (χ2n) is 5.66. The molecule has 2 heterocycles. The Morgan fingerprint density at radius 2 is 2.35 bits per heavy atom. The van der Waals surface area contributed by atoms with Gasteiger partial charge in [-0.05, 0) is 36.5 Å². The third kappa shape index (κ3) is 3.93. The van der Waals surface area contributed by atoms with Gasteiger partial charge in [-0.15, -0.1) is 0 Å². The summed E-state index contributed by atoms with van der Waals surface area (Å²) in [6.45, 7) is 9.24. The topological polar surface area (TPSA) is 37.4 Å². The van der Waals surface area contributed by atoms with E-state index in [4.69, 9.17) is 4.74 Å². The summed E-state index contributed by atoms with van der Waals surface area (Å²) in [6, 6.07) is 2.25. The second kappa shape index (κ2) is 7.60. The molecule has 0 saturated carbocycles. The first-order valence-corrected chi connectivity index (χ1v) is 7.64. The van der Waals surface area contributed by atoms with Crippen LogP contribution in [0.4, 0.5) is 5.82 Å². The Bertz CT molecular complexity index is 422. The fourth-order valence-electron chi connectivity index (χ4n) is 2.82. The van der Waals surface area contributed by atoms with Gasteiger partial charge in [0.1, 0.15) is 5.82 Å². The van der Waals surface area contributed by atoms with Crippen molar-refractivity contribution >= 4 is 5.82 Å².